The molecular weight excluding hydrogens is 308 g/mol. The molecule has 8 heteroatoms. The third-order valence-electron chi connectivity index (χ3n) is 3.19. The zero-order valence-corrected chi connectivity index (χ0v) is 13.3. The quantitative estimate of drug-likeness (QED) is 0.761. The minimum Gasteiger partial charge on any atom is -0.466 e. The van der Waals surface area contributed by atoms with Crippen LogP contribution in [0.3, 0.4) is 0 Å². The molecule has 1 aromatic rings. The third kappa shape index (κ3) is 4.80. The Labute approximate surface area is 132 Å². The summed E-state index contributed by atoms with van der Waals surface area (Å²) < 4.78 is 9.74. The van der Waals surface area contributed by atoms with Crippen molar-refractivity contribution >= 4 is 34.3 Å². The number of aromatic nitrogens is 1. The molecule has 1 heterocycles. The minimum absolute atomic E-state index is 0.0643. The van der Waals surface area contributed by atoms with Gasteiger partial charge in [0.1, 0.15) is 0 Å². The number of hydrogen-bond donors (Lipinski definition) is 1. The van der Waals surface area contributed by atoms with Crippen molar-refractivity contribution in [3.05, 3.63) is 11.1 Å². The highest BCUT2D eigenvalue weighted by atomic mass is 32.1. The number of thiazole rings is 1. The molecule has 0 spiro atoms. The van der Waals surface area contributed by atoms with Crippen LogP contribution in [0.1, 0.15) is 26.0 Å². The Kier molecular flexibility index (Phi) is 5.48. The molecule has 1 fully saturated rings. The van der Waals surface area contributed by atoms with Crippen molar-refractivity contribution in [3.8, 4) is 0 Å². The van der Waals surface area contributed by atoms with E-state index in [1.807, 2.05) is 6.92 Å². The average Bonchev–Trinajstić information content (AvgIpc) is 3.04. The van der Waals surface area contributed by atoms with E-state index in [2.05, 4.69) is 10.3 Å². The molecule has 120 valence electrons. The summed E-state index contributed by atoms with van der Waals surface area (Å²) in [4.78, 5) is 38.6. The van der Waals surface area contributed by atoms with Gasteiger partial charge >= 0.3 is 11.9 Å². The molecule has 0 aromatic carbocycles. The molecule has 1 saturated carbocycles. The van der Waals surface area contributed by atoms with Crippen LogP contribution in [0.4, 0.5) is 5.13 Å². The molecule has 0 aliphatic heterocycles. The Morgan fingerprint density at radius 2 is 2.14 bits per heavy atom. The summed E-state index contributed by atoms with van der Waals surface area (Å²) in [5.41, 5.74) is 0.530. The topological polar surface area (TPSA) is 94.6 Å². The Morgan fingerprint density at radius 1 is 1.41 bits per heavy atom. The zero-order valence-electron chi connectivity index (χ0n) is 12.5. The molecule has 1 N–H and O–H groups in total. The smallest absolute Gasteiger partial charge is 0.311 e. The molecule has 7 nitrogen and oxygen atoms in total. The van der Waals surface area contributed by atoms with E-state index in [0.717, 1.165) is 6.42 Å². The maximum Gasteiger partial charge on any atom is 0.311 e. The second kappa shape index (κ2) is 7.35. The molecule has 22 heavy (non-hydrogen) atoms. The summed E-state index contributed by atoms with van der Waals surface area (Å²) >= 11 is 1.20. The van der Waals surface area contributed by atoms with Crippen molar-refractivity contribution in [3.63, 3.8) is 0 Å². The molecule has 1 amide bonds. The van der Waals surface area contributed by atoms with Gasteiger partial charge < -0.3 is 9.47 Å². The number of nitrogens with one attached hydrogen (secondary N) is 1. The number of carbonyl (C=O) groups excluding carboxylic acids is 3. The number of nitrogens with zero attached hydrogens (tertiary/aromatic N) is 1. The lowest BCUT2D eigenvalue weighted by Gasteiger charge is -2.03. The van der Waals surface area contributed by atoms with Gasteiger partial charge in [0.15, 0.2) is 11.7 Å². The number of anilines is 1. The third-order valence-corrected chi connectivity index (χ3v) is 3.99. The number of amides is 1. The minimum atomic E-state index is -0.446. The summed E-state index contributed by atoms with van der Waals surface area (Å²) in [5, 5.41) is 4.56. The van der Waals surface area contributed by atoms with E-state index < -0.39 is 5.91 Å². The number of rotatable bonds is 7. The van der Waals surface area contributed by atoms with Crippen molar-refractivity contribution < 1.29 is 23.9 Å². The summed E-state index contributed by atoms with van der Waals surface area (Å²) in [7, 11) is 0. The largest absolute Gasteiger partial charge is 0.466 e. The average molecular weight is 326 g/mol. The zero-order chi connectivity index (χ0) is 16.1. The summed E-state index contributed by atoms with van der Waals surface area (Å²) in [6.45, 7) is 3.69. The first-order chi connectivity index (χ1) is 10.5. The molecule has 0 radical (unpaired) electrons. The van der Waals surface area contributed by atoms with Crippen molar-refractivity contribution in [2.75, 3.05) is 18.5 Å². The number of esters is 2. The molecule has 2 atom stereocenters. The summed E-state index contributed by atoms with van der Waals surface area (Å²) in [5.74, 6) is -0.856. The van der Waals surface area contributed by atoms with Crippen molar-refractivity contribution in [1.82, 2.24) is 4.98 Å². The van der Waals surface area contributed by atoms with Gasteiger partial charge in [-0.05, 0) is 19.3 Å². The van der Waals surface area contributed by atoms with E-state index in [4.69, 9.17) is 9.47 Å². The van der Waals surface area contributed by atoms with Crippen LogP contribution < -0.4 is 5.32 Å². The second-order valence-corrected chi connectivity index (χ2v) is 5.96. The van der Waals surface area contributed by atoms with Gasteiger partial charge in [0.25, 0.3) is 5.91 Å². The van der Waals surface area contributed by atoms with Crippen molar-refractivity contribution in [2.24, 2.45) is 11.8 Å². The van der Waals surface area contributed by atoms with Crippen LogP contribution in [0, 0.1) is 11.8 Å². The second-order valence-electron chi connectivity index (χ2n) is 5.10. The van der Waals surface area contributed by atoms with E-state index >= 15 is 0 Å². The van der Waals surface area contributed by atoms with Gasteiger partial charge in [-0.2, -0.15) is 0 Å². The molecule has 1 aliphatic rings. The van der Waals surface area contributed by atoms with E-state index in [0.29, 0.717) is 23.4 Å². The van der Waals surface area contributed by atoms with E-state index in [9.17, 15) is 14.4 Å². The van der Waals surface area contributed by atoms with Crippen molar-refractivity contribution in [2.45, 2.75) is 26.7 Å². The van der Waals surface area contributed by atoms with Crippen LogP contribution in [0.15, 0.2) is 5.38 Å². The predicted molar refractivity (Wildman–Crippen MR) is 79.3 cm³/mol. The monoisotopic (exact) mass is 326 g/mol. The molecule has 0 unspecified atom stereocenters. The fourth-order valence-electron chi connectivity index (χ4n) is 1.86. The van der Waals surface area contributed by atoms with Crippen LogP contribution in [0.25, 0.3) is 0 Å². The van der Waals surface area contributed by atoms with E-state index in [1.54, 1.807) is 12.3 Å². The van der Waals surface area contributed by atoms with Crippen LogP contribution in [-0.2, 0) is 30.3 Å². The highest BCUT2D eigenvalue weighted by molar-refractivity contribution is 7.13. The summed E-state index contributed by atoms with van der Waals surface area (Å²) in [6.07, 6.45) is 0.888. The fourth-order valence-corrected chi connectivity index (χ4v) is 2.58. The lowest BCUT2D eigenvalue weighted by atomic mass is 10.3. The number of carbonyl (C=O) groups is 3. The van der Waals surface area contributed by atoms with E-state index in [-0.39, 0.29) is 30.9 Å². The molecule has 0 bridgehead atoms. The SMILES string of the molecule is CCOC(=O)Cc1csc(NC(=O)COC(=O)[C@H]2C[C@@H]2C)n1. The fraction of sp³-hybridized carbons (Fsp3) is 0.571. The van der Waals surface area contributed by atoms with Gasteiger partial charge in [-0.3, -0.25) is 19.7 Å². The maximum absolute atomic E-state index is 11.7. The first-order valence-corrected chi connectivity index (χ1v) is 7.94. The lowest BCUT2D eigenvalue weighted by Crippen LogP contribution is -2.21. The highest BCUT2D eigenvalue weighted by Gasteiger charge is 2.40. The Hall–Kier alpha value is -1.96. The van der Waals surface area contributed by atoms with E-state index in [1.165, 1.54) is 11.3 Å². The van der Waals surface area contributed by atoms with Crippen LogP contribution >= 0.6 is 11.3 Å². The number of ether oxygens (including phenoxy) is 2. The Balaban J connectivity index is 1.73. The van der Waals surface area contributed by atoms with Gasteiger partial charge in [-0.1, -0.05) is 6.92 Å². The predicted octanol–water partition coefficient (Wildman–Crippen LogP) is 1.39. The first kappa shape index (κ1) is 16.4. The molecule has 0 saturated heterocycles. The molecule has 1 aliphatic carbocycles. The lowest BCUT2D eigenvalue weighted by molar-refractivity contribution is -0.148. The van der Waals surface area contributed by atoms with Gasteiger partial charge in [-0.25, -0.2) is 4.98 Å². The molecule has 2 rings (SSSR count). The van der Waals surface area contributed by atoms with Crippen LogP contribution in [-0.4, -0.2) is 36.0 Å². The Morgan fingerprint density at radius 3 is 2.77 bits per heavy atom. The first-order valence-electron chi connectivity index (χ1n) is 7.06. The normalized spacial score (nSPS) is 19.4. The molecule has 1 aromatic heterocycles. The maximum atomic E-state index is 11.7. The highest BCUT2D eigenvalue weighted by Crippen LogP contribution is 2.38. The van der Waals surface area contributed by atoms with Gasteiger partial charge in [0, 0.05) is 5.38 Å². The van der Waals surface area contributed by atoms with Gasteiger partial charge in [-0.15, -0.1) is 11.3 Å². The standard InChI is InChI=1S/C14H18N2O5S/c1-3-20-12(18)5-9-7-22-14(15-9)16-11(17)6-21-13(19)10-4-8(10)2/h7-8,10H,3-6H2,1-2H3,(H,15,16,17)/t8-,10-/m0/s1. The molecular formula is C14H18N2O5S. The Bertz CT molecular complexity index is 571. The van der Waals surface area contributed by atoms with Gasteiger partial charge in [0.2, 0.25) is 0 Å². The summed E-state index contributed by atoms with van der Waals surface area (Å²) in [6, 6.07) is 0. The van der Waals surface area contributed by atoms with Gasteiger partial charge in [0.05, 0.1) is 24.6 Å². The van der Waals surface area contributed by atoms with Crippen LogP contribution in [0.2, 0.25) is 0 Å². The van der Waals surface area contributed by atoms with Crippen molar-refractivity contribution in [1.29, 1.82) is 0 Å². The van der Waals surface area contributed by atoms with Crippen LogP contribution in [0.5, 0.6) is 0 Å². The number of hydrogen-bond acceptors (Lipinski definition) is 7.